The van der Waals surface area contributed by atoms with Crippen LogP contribution in [0.15, 0.2) is 72.2 Å². The molecule has 0 radical (unpaired) electrons. The van der Waals surface area contributed by atoms with Crippen molar-refractivity contribution in [3.05, 3.63) is 88.5 Å². The van der Waals surface area contributed by atoms with Gasteiger partial charge in [-0.25, -0.2) is 15.2 Å². The molecule has 4 aromatic rings. The highest BCUT2D eigenvalue weighted by atomic mass is 32.1. The largest absolute Gasteiger partial charge is 0.380 e. The molecule has 1 amide bonds. The number of nitrogens with one attached hydrogen (secondary N) is 1. The van der Waals surface area contributed by atoms with Crippen molar-refractivity contribution in [3.63, 3.8) is 0 Å². The van der Waals surface area contributed by atoms with E-state index in [1.54, 1.807) is 6.20 Å². The molecular weight excluding hydrogens is 375 g/mol. The molecule has 4 rings (SSSR count). The van der Waals surface area contributed by atoms with Crippen LogP contribution in [-0.2, 0) is 6.54 Å². The number of aromatic nitrogens is 1. The van der Waals surface area contributed by atoms with E-state index in [9.17, 15) is 9.18 Å². The fourth-order valence-corrected chi connectivity index (χ4v) is 3.75. The fourth-order valence-electron chi connectivity index (χ4n) is 2.94. The molecule has 5 nitrogen and oxygen atoms in total. The van der Waals surface area contributed by atoms with E-state index in [4.69, 9.17) is 5.84 Å². The Balaban J connectivity index is 1.54. The van der Waals surface area contributed by atoms with Gasteiger partial charge in [0.15, 0.2) is 0 Å². The molecule has 3 N–H and O–H groups in total. The first-order chi connectivity index (χ1) is 13.6. The molecule has 0 aliphatic rings. The molecule has 7 heteroatoms. The first-order valence-electron chi connectivity index (χ1n) is 8.62. The molecule has 140 valence electrons. The Morgan fingerprint density at radius 2 is 1.89 bits per heavy atom. The number of hydrogen-bond donors (Lipinski definition) is 2. The maximum atomic E-state index is 13.1. The van der Waals surface area contributed by atoms with Crippen molar-refractivity contribution >= 4 is 39.5 Å². The number of thiophene rings is 1. The minimum Gasteiger partial charge on any atom is -0.380 e. The first kappa shape index (κ1) is 18.1. The van der Waals surface area contributed by atoms with Crippen LogP contribution >= 0.6 is 11.3 Å². The lowest BCUT2D eigenvalue weighted by molar-refractivity contribution is 0.0991. The maximum absolute atomic E-state index is 13.1. The van der Waals surface area contributed by atoms with Gasteiger partial charge in [0.25, 0.3) is 5.91 Å². The van der Waals surface area contributed by atoms with Crippen LogP contribution in [-0.4, -0.2) is 10.9 Å². The molecule has 28 heavy (non-hydrogen) atoms. The number of nitrogens with zero attached hydrogens (tertiary/aromatic N) is 2. The molecule has 0 aliphatic heterocycles. The minimum atomic E-state index is -0.382. The molecule has 2 aromatic heterocycles. The number of rotatable bonds is 5. The first-order valence-corrected chi connectivity index (χ1v) is 9.50. The summed E-state index contributed by atoms with van der Waals surface area (Å²) in [4.78, 5) is 17.7. The topological polar surface area (TPSA) is 71.2 Å². The Kier molecular flexibility index (Phi) is 5.01. The second-order valence-electron chi connectivity index (χ2n) is 6.16. The smallest absolute Gasteiger partial charge is 0.284 e. The van der Waals surface area contributed by atoms with E-state index in [-0.39, 0.29) is 11.7 Å². The summed E-state index contributed by atoms with van der Waals surface area (Å²) in [6.07, 6.45) is 1.77. The van der Waals surface area contributed by atoms with Crippen molar-refractivity contribution in [1.82, 2.24) is 4.98 Å². The number of halogens is 1. The van der Waals surface area contributed by atoms with Gasteiger partial charge in [-0.1, -0.05) is 18.2 Å². The third-order valence-corrected chi connectivity index (χ3v) is 5.29. The van der Waals surface area contributed by atoms with Crippen LogP contribution in [0.3, 0.4) is 0 Å². The third-order valence-electron chi connectivity index (χ3n) is 4.39. The van der Waals surface area contributed by atoms with E-state index >= 15 is 0 Å². The fraction of sp³-hybridized carbons (Fsp3) is 0.0476. The van der Waals surface area contributed by atoms with Crippen LogP contribution < -0.4 is 16.2 Å². The van der Waals surface area contributed by atoms with Crippen molar-refractivity contribution < 1.29 is 9.18 Å². The number of pyridine rings is 1. The number of carbonyl (C=O) groups is 1. The lowest BCUT2D eigenvalue weighted by atomic mass is 10.1. The molecule has 0 fully saturated rings. The summed E-state index contributed by atoms with van der Waals surface area (Å²) in [5.74, 6) is 5.22. The number of hydrazine groups is 1. The number of carbonyl (C=O) groups excluding carboxylic acids is 1. The van der Waals surface area contributed by atoms with Gasteiger partial charge < -0.3 is 5.32 Å². The lowest BCUT2D eigenvalue weighted by Gasteiger charge is -2.17. The van der Waals surface area contributed by atoms with E-state index in [2.05, 4.69) is 10.3 Å². The summed E-state index contributed by atoms with van der Waals surface area (Å²) in [5, 5.41) is 7.24. The molecule has 0 aliphatic carbocycles. The number of fused-ring (bicyclic) bond motifs is 1. The average Bonchev–Trinajstić information content (AvgIpc) is 3.20. The number of anilines is 2. The van der Waals surface area contributed by atoms with E-state index in [1.807, 2.05) is 41.8 Å². The van der Waals surface area contributed by atoms with Crippen LogP contribution in [0.1, 0.15) is 15.2 Å². The second kappa shape index (κ2) is 7.75. The van der Waals surface area contributed by atoms with Gasteiger partial charge in [0.1, 0.15) is 10.7 Å². The quantitative estimate of drug-likeness (QED) is 0.297. The summed E-state index contributed by atoms with van der Waals surface area (Å²) < 4.78 is 13.1. The van der Waals surface area contributed by atoms with Gasteiger partial charge in [-0.05, 0) is 53.4 Å². The number of hydrogen-bond acceptors (Lipinski definition) is 5. The zero-order valence-corrected chi connectivity index (χ0v) is 15.6. The standard InChI is InChI=1S/C21H17FN4OS/c22-15-5-7-16(8-6-15)26(23)21(27)20-19(10-12-28-20)25-13-14-9-11-24-18-4-2-1-3-17(14)18/h1-12,25H,13,23H2. The highest BCUT2D eigenvalue weighted by Gasteiger charge is 2.19. The lowest BCUT2D eigenvalue weighted by Crippen LogP contribution is -2.37. The van der Waals surface area contributed by atoms with Gasteiger partial charge in [0.2, 0.25) is 0 Å². The predicted molar refractivity (Wildman–Crippen MR) is 111 cm³/mol. The van der Waals surface area contributed by atoms with Gasteiger partial charge in [0, 0.05) is 18.1 Å². The maximum Gasteiger partial charge on any atom is 0.284 e. The SMILES string of the molecule is NN(C(=O)c1sccc1NCc1ccnc2ccccc12)c1ccc(F)cc1. The zero-order valence-electron chi connectivity index (χ0n) is 14.8. The van der Waals surface area contributed by atoms with Gasteiger partial charge >= 0.3 is 0 Å². The van der Waals surface area contributed by atoms with Crippen molar-refractivity contribution in [2.24, 2.45) is 5.84 Å². The number of benzene rings is 2. The molecule has 0 atom stereocenters. The average molecular weight is 392 g/mol. The van der Waals surface area contributed by atoms with Gasteiger partial charge in [0.05, 0.1) is 16.9 Å². The third kappa shape index (κ3) is 3.58. The molecule has 0 saturated heterocycles. The van der Waals surface area contributed by atoms with E-state index < -0.39 is 0 Å². The Bertz CT molecular complexity index is 1120. The van der Waals surface area contributed by atoms with Crippen molar-refractivity contribution in [2.75, 3.05) is 10.3 Å². The molecule has 0 saturated carbocycles. The van der Waals surface area contributed by atoms with Gasteiger partial charge in [-0.2, -0.15) is 0 Å². The van der Waals surface area contributed by atoms with Crippen LogP contribution in [0, 0.1) is 5.82 Å². The number of amides is 1. The highest BCUT2D eigenvalue weighted by Crippen LogP contribution is 2.27. The Hall–Kier alpha value is -3.29. The van der Waals surface area contributed by atoms with Crippen molar-refractivity contribution in [2.45, 2.75) is 6.54 Å². The van der Waals surface area contributed by atoms with E-state index in [1.165, 1.54) is 35.6 Å². The highest BCUT2D eigenvalue weighted by molar-refractivity contribution is 7.12. The van der Waals surface area contributed by atoms with Crippen LogP contribution in [0.25, 0.3) is 10.9 Å². The van der Waals surface area contributed by atoms with E-state index in [0.717, 1.165) is 21.5 Å². The number of nitrogens with two attached hydrogens (primary N) is 1. The van der Waals surface area contributed by atoms with Gasteiger partial charge in [-0.3, -0.25) is 9.78 Å². The summed E-state index contributed by atoms with van der Waals surface area (Å²) in [7, 11) is 0. The summed E-state index contributed by atoms with van der Waals surface area (Å²) >= 11 is 1.30. The minimum absolute atomic E-state index is 0.358. The van der Waals surface area contributed by atoms with Crippen LogP contribution in [0.5, 0.6) is 0 Å². The van der Waals surface area contributed by atoms with E-state index in [0.29, 0.717) is 22.8 Å². The van der Waals surface area contributed by atoms with Gasteiger partial charge in [-0.15, -0.1) is 11.3 Å². The molecule has 2 heterocycles. The molecule has 0 spiro atoms. The number of para-hydroxylation sites is 1. The van der Waals surface area contributed by atoms with Crippen molar-refractivity contribution in [3.8, 4) is 0 Å². The predicted octanol–water partition coefficient (Wildman–Crippen LogP) is 4.57. The van der Waals surface area contributed by atoms with Crippen LogP contribution in [0.4, 0.5) is 15.8 Å². The van der Waals surface area contributed by atoms with Crippen LogP contribution in [0.2, 0.25) is 0 Å². The molecule has 0 bridgehead atoms. The second-order valence-corrected chi connectivity index (χ2v) is 7.07. The van der Waals surface area contributed by atoms with Crippen molar-refractivity contribution in [1.29, 1.82) is 0 Å². The summed E-state index contributed by atoms with van der Waals surface area (Å²) in [5.41, 5.74) is 3.13. The zero-order chi connectivity index (χ0) is 19.5. The summed E-state index contributed by atoms with van der Waals surface area (Å²) in [6.45, 7) is 0.543. The Labute approximate surface area is 165 Å². The Morgan fingerprint density at radius 3 is 2.71 bits per heavy atom. The molecular formula is C21H17FN4OS. The monoisotopic (exact) mass is 392 g/mol. The molecule has 2 aromatic carbocycles. The summed E-state index contributed by atoms with van der Waals surface area (Å²) in [6, 6.07) is 17.2. The molecule has 0 unspecified atom stereocenters. The normalized spacial score (nSPS) is 10.8. The Morgan fingerprint density at radius 1 is 1.11 bits per heavy atom.